The quantitative estimate of drug-likeness (QED) is 0.671. The van der Waals surface area contributed by atoms with E-state index in [0.717, 1.165) is 12.1 Å². The number of carboxylic acids is 1. The minimum atomic E-state index is -1.33. The van der Waals surface area contributed by atoms with Gasteiger partial charge in [-0.3, -0.25) is 10.1 Å². The van der Waals surface area contributed by atoms with Gasteiger partial charge in [0.1, 0.15) is 0 Å². The van der Waals surface area contributed by atoms with E-state index in [0.29, 0.717) is 0 Å². The van der Waals surface area contributed by atoms with Gasteiger partial charge in [0, 0.05) is 12.1 Å². The molecule has 0 aliphatic rings. The topological polar surface area (TPSA) is 89.7 Å². The molecule has 0 bridgehead atoms. The predicted octanol–water partition coefficient (Wildman–Crippen LogP) is 2.38. The van der Waals surface area contributed by atoms with Gasteiger partial charge >= 0.3 is 11.7 Å². The van der Waals surface area contributed by atoms with Crippen LogP contribution in [0.2, 0.25) is 5.02 Å². The van der Waals surface area contributed by atoms with Crippen LogP contribution in [0.3, 0.4) is 0 Å². The molecule has 0 spiro atoms. The van der Waals surface area contributed by atoms with Crippen molar-refractivity contribution in [3.05, 3.63) is 32.8 Å². The summed E-state index contributed by atoms with van der Waals surface area (Å²) in [5.74, 6) is -1.40. The highest BCUT2D eigenvalue weighted by molar-refractivity contribution is 6.33. The Hall–Kier alpha value is -1.53. The molecule has 1 rings (SSSR count). The Kier molecular flexibility index (Phi) is 5.00. The summed E-state index contributed by atoms with van der Waals surface area (Å²) in [5.41, 5.74) is -0.761. The maximum atomic E-state index is 10.6. The van der Waals surface area contributed by atoms with E-state index < -0.39 is 16.6 Å². The van der Waals surface area contributed by atoms with Crippen molar-refractivity contribution in [2.75, 3.05) is 7.11 Å². The minimum Gasteiger partial charge on any atom is -0.490 e. The second-order valence-corrected chi connectivity index (χ2v) is 2.97. The highest BCUT2D eigenvalue weighted by Gasteiger charge is 2.21. The zero-order valence-corrected chi connectivity index (χ0v) is 9.54. The van der Waals surface area contributed by atoms with Gasteiger partial charge < -0.3 is 9.84 Å². The maximum absolute atomic E-state index is 10.6. The number of ether oxygens (including phenoxy) is 1. The van der Waals surface area contributed by atoms with Gasteiger partial charge in [0.25, 0.3) is 0 Å². The van der Waals surface area contributed by atoms with Crippen LogP contribution >= 0.6 is 24.0 Å². The predicted molar refractivity (Wildman–Crippen MR) is 58.9 cm³/mol. The molecule has 0 unspecified atom stereocenters. The van der Waals surface area contributed by atoms with Crippen molar-refractivity contribution in [2.45, 2.75) is 0 Å². The minimum absolute atomic E-state index is 0. The summed E-state index contributed by atoms with van der Waals surface area (Å²) in [4.78, 5) is 20.5. The fourth-order valence-electron chi connectivity index (χ4n) is 1.01. The van der Waals surface area contributed by atoms with Gasteiger partial charge in [-0.25, -0.2) is 4.79 Å². The lowest BCUT2D eigenvalue weighted by molar-refractivity contribution is -0.385. The van der Waals surface area contributed by atoms with Gasteiger partial charge in [-0.2, -0.15) is 0 Å². The van der Waals surface area contributed by atoms with Gasteiger partial charge in [-0.1, -0.05) is 11.6 Å². The first-order valence-corrected chi connectivity index (χ1v) is 4.10. The molecular formula is C8H7Cl2NO5. The van der Waals surface area contributed by atoms with E-state index >= 15 is 0 Å². The van der Waals surface area contributed by atoms with E-state index in [-0.39, 0.29) is 28.7 Å². The lowest BCUT2D eigenvalue weighted by Crippen LogP contribution is -2.01. The molecule has 0 atom stereocenters. The number of nitrogens with zero attached hydrogens (tertiary/aromatic N) is 1. The normalized spacial score (nSPS) is 9.12. The van der Waals surface area contributed by atoms with Crippen LogP contribution in [0, 0.1) is 10.1 Å². The van der Waals surface area contributed by atoms with Crippen molar-refractivity contribution < 1.29 is 19.6 Å². The summed E-state index contributed by atoms with van der Waals surface area (Å²) in [7, 11) is 1.24. The number of carboxylic acid groups (broad SMARTS) is 1. The van der Waals surface area contributed by atoms with Crippen LogP contribution in [-0.4, -0.2) is 23.1 Å². The molecule has 1 N–H and O–H groups in total. The summed E-state index contributed by atoms with van der Waals surface area (Å²) in [5, 5.41) is 19.1. The number of aromatic carboxylic acids is 1. The number of benzene rings is 1. The van der Waals surface area contributed by atoms with Crippen molar-refractivity contribution in [1.82, 2.24) is 0 Å². The van der Waals surface area contributed by atoms with E-state index in [9.17, 15) is 14.9 Å². The molecule has 0 saturated heterocycles. The molecular weight excluding hydrogens is 261 g/mol. The fourth-order valence-corrected chi connectivity index (χ4v) is 1.25. The van der Waals surface area contributed by atoms with Gasteiger partial charge in [0.05, 0.1) is 22.6 Å². The van der Waals surface area contributed by atoms with E-state index in [1.165, 1.54) is 7.11 Å². The Morgan fingerprint density at radius 1 is 1.56 bits per heavy atom. The van der Waals surface area contributed by atoms with Gasteiger partial charge in [0.2, 0.25) is 0 Å². The third kappa shape index (κ3) is 2.74. The van der Waals surface area contributed by atoms with Crippen LogP contribution in [0.4, 0.5) is 5.69 Å². The van der Waals surface area contributed by atoms with Crippen molar-refractivity contribution in [3.8, 4) is 5.75 Å². The van der Waals surface area contributed by atoms with Crippen molar-refractivity contribution >= 4 is 35.7 Å². The SMILES string of the molecule is COc1cc(Cl)c(C(=O)O)cc1[N+](=O)[O-].Cl. The molecule has 0 heterocycles. The van der Waals surface area contributed by atoms with E-state index in [1.807, 2.05) is 0 Å². The van der Waals surface area contributed by atoms with Crippen LogP contribution in [0.15, 0.2) is 12.1 Å². The average molecular weight is 268 g/mol. The zero-order chi connectivity index (χ0) is 11.6. The number of rotatable bonds is 3. The summed E-state index contributed by atoms with van der Waals surface area (Å²) in [6, 6.07) is 1.96. The van der Waals surface area contributed by atoms with Crippen LogP contribution < -0.4 is 4.74 Å². The molecule has 0 fully saturated rings. The lowest BCUT2D eigenvalue weighted by atomic mass is 10.2. The molecule has 0 saturated carbocycles. The standard InChI is InChI=1S/C8H6ClNO5.ClH/c1-15-7-3-5(9)4(8(11)12)2-6(7)10(13)14;/h2-3H,1H3,(H,11,12);1H. The number of nitro benzene ring substituents is 1. The number of hydrogen-bond donors (Lipinski definition) is 1. The Morgan fingerprint density at radius 3 is 2.50 bits per heavy atom. The number of carbonyl (C=O) groups is 1. The molecule has 88 valence electrons. The first-order chi connectivity index (χ1) is 6.97. The van der Waals surface area contributed by atoms with Crippen molar-refractivity contribution in [1.29, 1.82) is 0 Å². The van der Waals surface area contributed by atoms with Crippen molar-refractivity contribution in [3.63, 3.8) is 0 Å². The van der Waals surface area contributed by atoms with Crippen LogP contribution in [0.5, 0.6) is 5.75 Å². The largest absolute Gasteiger partial charge is 0.490 e. The second kappa shape index (κ2) is 5.53. The number of nitro groups is 1. The summed E-state index contributed by atoms with van der Waals surface area (Å²) >= 11 is 5.60. The molecule has 0 aromatic heterocycles. The van der Waals surface area contributed by atoms with Crippen molar-refractivity contribution in [2.24, 2.45) is 0 Å². The molecule has 1 aromatic rings. The Bertz CT molecular complexity index is 435. The molecule has 16 heavy (non-hydrogen) atoms. The molecule has 0 amide bonds. The van der Waals surface area contributed by atoms with Gasteiger partial charge in [0.15, 0.2) is 5.75 Å². The van der Waals surface area contributed by atoms with Crippen LogP contribution in [-0.2, 0) is 0 Å². The molecule has 0 aliphatic carbocycles. The third-order valence-corrected chi connectivity index (χ3v) is 2.01. The molecule has 0 radical (unpaired) electrons. The number of methoxy groups -OCH3 is 1. The average Bonchev–Trinajstić information content (AvgIpc) is 2.16. The number of halogens is 2. The molecule has 8 heteroatoms. The maximum Gasteiger partial charge on any atom is 0.337 e. The third-order valence-electron chi connectivity index (χ3n) is 1.70. The number of hydrogen-bond acceptors (Lipinski definition) is 4. The zero-order valence-electron chi connectivity index (χ0n) is 7.97. The van der Waals surface area contributed by atoms with E-state index in [4.69, 9.17) is 21.4 Å². The summed E-state index contributed by atoms with van der Waals surface area (Å²) < 4.78 is 4.70. The first kappa shape index (κ1) is 14.5. The lowest BCUT2D eigenvalue weighted by Gasteiger charge is -2.04. The molecule has 0 aliphatic heterocycles. The van der Waals surface area contributed by atoms with E-state index in [1.54, 1.807) is 0 Å². The summed E-state index contributed by atoms with van der Waals surface area (Å²) in [6.45, 7) is 0. The Morgan fingerprint density at radius 2 is 2.12 bits per heavy atom. The highest BCUT2D eigenvalue weighted by atomic mass is 35.5. The summed E-state index contributed by atoms with van der Waals surface area (Å²) in [6.07, 6.45) is 0. The fraction of sp³-hybridized carbons (Fsp3) is 0.125. The second-order valence-electron chi connectivity index (χ2n) is 2.57. The van der Waals surface area contributed by atoms with Crippen LogP contribution in [0.1, 0.15) is 10.4 Å². The molecule has 1 aromatic carbocycles. The first-order valence-electron chi connectivity index (χ1n) is 3.72. The Balaban J connectivity index is 0.00000225. The van der Waals surface area contributed by atoms with Crippen LogP contribution in [0.25, 0.3) is 0 Å². The van der Waals surface area contributed by atoms with Gasteiger partial charge in [-0.05, 0) is 0 Å². The van der Waals surface area contributed by atoms with E-state index in [2.05, 4.69) is 0 Å². The molecule has 6 nitrogen and oxygen atoms in total. The Labute approximate surface area is 101 Å². The monoisotopic (exact) mass is 267 g/mol. The van der Waals surface area contributed by atoms with Gasteiger partial charge in [-0.15, -0.1) is 12.4 Å². The highest BCUT2D eigenvalue weighted by Crippen LogP contribution is 2.32. The smallest absolute Gasteiger partial charge is 0.337 e.